The fourth-order valence-corrected chi connectivity index (χ4v) is 4.86. The van der Waals surface area contributed by atoms with Crippen LogP contribution in [0.3, 0.4) is 0 Å². The SMILES string of the molecule is CC.CC.COc1ccc(C(C)N2CC(C(C)Oc3cc(Cl)cn4ncc(C5CC5)c34)CC2=O)cc1. The highest BCUT2D eigenvalue weighted by Gasteiger charge is 2.37. The van der Waals surface area contributed by atoms with Gasteiger partial charge in [0, 0.05) is 36.7 Å². The van der Waals surface area contributed by atoms with Gasteiger partial charge in [0.2, 0.25) is 5.91 Å². The third-order valence-corrected chi connectivity index (χ3v) is 7.03. The summed E-state index contributed by atoms with van der Waals surface area (Å²) in [6, 6.07) is 9.78. The number of fused-ring (bicyclic) bond motifs is 1. The van der Waals surface area contributed by atoms with Gasteiger partial charge in [-0.1, -0.05) is 51.4 Å². The quantitative estimate of drug-likeness (QED) is 0.332. The second-order valence-electron chi connectivity index (χ2n) is 8.97. The lowest BCUT2D eigenvalue weighted by atomic mass is 10.0. The van der Waals surface area contributed by atoms with Crippen LogP contribution in [0.4, 0.5) is 0 Å². The minimum Gasteiger partial charge on any atom is -0.497 e. The first-order chi connectivity index (χ1) is 17.4. The molecule has 2 fully saturated rings. The summed E-state index contributed by atoms with van der Waals surface area (Å²) in [5.41, 5.74) is 3.32. The number of halogens is 1. The van der Waals surface area contributed by atoms with E-state index in [9.17, 15) is 4.79 Å². The van der Waals surface area contributed by atoms with Gasteiger partial charge in [-0.05, 0) is 50.3 Å². The lowest BCUT2D eigenvalue weighted by molar-refractivity contribution is -0.129. The fraction of sp³-hybridized carbons (Fsp3) is 0.517. The molecule has 196 valence electrons. The van der Waals surface area contributed by atoms with Crippen molar-refractivity contribution in [2.75, 3.05) is 13.7 Å². The van der Waals surface area contributed by atoms with E-state index >= 15 is 0 Å². The standard InChI is InChI=1S/C25H28ClN3O3.2C2H6/c1-15(17-6-8-21(31-3)9-7-17)28-13-19(10-24(28)30)16(2)32-23-11-20(26)14-29-25(23)22(12-27-29)18-4-5-18;2*1-2/h6-9,11-12,14-16,18-19H,4-5,10,13H2,1-3H3;2*1-2H3. The molecule has 1 amide bonds. The van der Waals surface area contributed by atoms with Gasteiger partial charge in [-0.15, -0.1) is 0 Å². The Kier molecular flexibility index (Phi) is 9.66. The van der Waals surface area contributed by atoms with E-state index in [2.05, 4.69) is 12.0 Å². The maximum absolute atomic E-state index is 12.9. The molecule has 0 spiro atoms. The number of likely N-dealkylation sites (tertiary alicyclic amines) is 1. The van der Waals surface area contributed by atoms with Crippen LogP contribution >= 0.6 is 11.6 Å². The predicted octanol–water partition coefficient (Wildman–Crippen LogP) is 7.30. The molecule has 2 aliphatic rings. The average molecular weight is 514 g/mol. The molecule has 3 aromatic rings. The minimum absolute atomic E-state index is 0.000203. The molecule has 7 heteroatoms. The zero-order valence-electron chi connectivity index (χ0n) is 22.6. The van der Waals surface area contributed by atoms with Gasteiger partial charge in [-0.2, -0.15) is 5.10 Å². The lowest BCUT2D eigenvalue weighted by Crippen LogP contribution is -2.31. The predicted molar refractivity (Wildman–Crippen MR) is 146 cm³/mol. The van der Waals surface area contributed by atoms with E-state index in [0.717, 1.165) is 22.6 Å². The zero-order valence-corrected chi connectivity index (χ0v) is 23.4. The summed E-state index contributed by atoms with van der Waals surface area (Å²) in [6.07, 6.45) is 6.47. The van der Waals surface area contributed by atoms with E-state index in [-0.39, 0.29) is 24.0 Å². The summed E-state index contributed by atoms with van der Waals surface area (Å²) in [6.45, 7) is 12.8. The topological polar surface area (TPSA) is 56.1 Å². The highest BCUT2D eigenvalue weighted by atomic mass is 35.5. The van der Waals surface area contributed by atoms with Gasteiger partial charge in [0.25, 0.3) is 0 Å². The summed E-state index contributed by atoms with van der Waals surface area (Å²) in [7, 11) is 1.65. The van der Waals surface area contributed by atoms with Crippen LogP contribution in [0.25, 0.3) is 5.52 Å². The normalized spacial score (nSPS) is 18.6. The summed E-state index contributed by atoms with van der Waals surface area (Å²) in [5, 5.41) is 5.07. The van der Waals surface area contributed by atoms with Crippen LogP contribution < -0.4 is 9.47 Å². The van der Waals surface area contributed by atoms with Crippen LogP contribution in [-0.4, -0.2) is 40.2 Å². The van der Waals surface area contributed by atoms with E-state index in [0.29, 0.717) is 23.9 Å². The summed E-state index contributed by atoms with van der Waals surface area (Å²) in [4.78, 5) is 14.8. The van der Waals surface area contributed by atoms with Crippen molar-refractivity contribution in [2.24, 2.45) is 5.92 Å². The van der Waals surface area contributed by atoms with Crippen molar-refractivity contribution < 1.29 is 14.3 Å². The fourth-order valence-electron chi connectivity index (χ4n) is 4.67. The molecule has 2 aromatic heterocycles. The summed E-state index contributed by atoms with van der Waals surface area (Å²) >= 11 is 6.34. The third kappa shape index (κ3) is 5.97. The lowest BCUT2D eigenvalue weighted by Gasteiger charge is -2.27. The van der Waals surface area contributed by atoms with Crippen molar-refractivity contribution in [1.29, 1.82) is 0 Å². The van der Waals surface area contributed by atoms with Crippen LogP contribution in [0.1, 0.15) is 83.9 Å². The number of carbonyl (C=O) groups is 1. The number of pyridine rings is 1. The van der Waals surface area contributed by atoms with Crippen molar-refractivity contribution in [3.05, 3.63) is 58.9 Å². The molecule has 0 bridgehead atoms. The third-order valence-electron chi connectivity index (χ3n) is 6.82. The Morgan fingerprint density at radius 3 is 2.36 bits per heavy atom. The summed E-state index contributed by atoms with van der Waals surface area (Å²) in [5.74, 6) is 2.38. The molecule has 3 atom stereocenters. The molecule has 5 rings (SSSR count). The molecule has 0 N–H and O–H groups in total. The van der Waals surface area contributed by atoms with Gasteiger partial charge in [0.15, 0.2) is 0 Å². The maximum Gasteiger partial charge on any atom is 0.223 e. The second-order valence-corrected chi connectivity index (χ2v) is 9.41. The van der Waals surface area contributed by atoms with E-state index < -0.39 is 0 Å². The number of benzene rings is 1. The molecular formula is C29H40ClN3O3. The Morgan fingerprint density at radius 1 is 1.08 bits per heavy atom. The molecule has 1 aliphatic heterocycles. The molecule has 1 saturated heterocycles. The molecule has 36 heavy (non-hydrogen) atoms. The van der Waals surface area contributed by atoms with Crippen LogP contribution in [0.2, 0.25) is 5.02 Å². The van der Waals surface area contributed by atoms with Crippen molar-refractivity contribution in [3.63, 3.8) is 0 Å². The smallest absolute Gasteiger partial charge is 0.223 e. The van der Waals surface area contributed by atoms with Crippen molar-refractivity contribution in [2.45, 2.75) is 78.9 Å². The first kappa shape index (κ1) is 27.9. The Bertz CT molecular complexity index is 1140. The van der Waals surface area contributed by atoms with Crippen molar-refractivity contribution in [1.82, 2.24) is 14.5 Å². The van der Waals surface area contributed by atoms with Crippen molar-refractivity contribution in [3.8, 4) is 11.5 Å². The van der Waals surface area contributed by atoms with Crippen LogP contribution in [-0.2, 0) is 4.79 Å². The number of hydrogen-bond acceptors (Lipinski definition) is 4. The monoisotopic (exact) mass is 513 g/mol. The summed E-state index contributed by atoms with van der Waals surface area (Å²) < 4.78 is 13.5. The van der Waals surface area contributed by atoms with E-state index in [1.807, 2.05) is 86.8 Å². The average Bonchev–Trinajstić information content (AvgIpc) is 3.54. The molecule has 0 radical (unpaired) electrons. The number of ether oxygens (including phenoxy) is 2. The number of carbonyl (C=O) groups excluding carboxylic acids is 1. The van der Waals surface area contributed by atoms with Crippen LogP contribution in [0, 0.1) is 5.92 Å². The first-order valence-corrected chi connectivity index (χ1v) is 13.6. The number of nitrogens with zero attached hydrogens (tertiary/aromatic N) is 3. The van der Waals surface area contributed by atoms with E-state index in [1.54, 1.807) is 7.11 Å². The number of amides is 1. The highest BCUT2D eigenvalue weighted by molar-refractivity contribution is 6.30. The van der Waals surface area contributed by atoms with E-state index in [1.165, 1.54) is 18.4 Å². The number of methoxy groups -OCH3 is 1. The molecule has 6 nitrogen and oxygen atoms in total. The van der Waals surface area contributed by atoms with Crippen molar-refractivity contribution >= 4 is 23.0 Å². The largest absolute Gasteiger partial charge is 0.497 e. The minimum atomic E-state index is -0.128. The number of hydrogen-bond donors (Lipinski definition) is 0. The molecule has 1 saturated carbocycles. The molecule has 3 unspecified atom stereocenters. The highest BCUT2D eigenvalue weighted by Crippen LogP contribution is 2.44. The zero-order chi connectivity index (χ0) is 26.4. The van der Waals surface area contributed by atoms with Gasteiger partial charge in [-0.25, -0.2) is 4.52 Å². The van der Waals surface area contributed by atoms with Gasteiger partial charge in [0.1, 0.15) is 23.1 Å². The van der Waals surface area contributed by atoms with Crippen LogP contribution in [0.5, 0.6) is 11.5 Å². The van der Waals surface area contributed by atoms with Crippen LogP contribution in [0.15, 0.2) is 42.7 Å². The maximum atomic E-state index is 12.9. The number of rotatable bonds is 7. The Hall–Kier alpha value is -2.73. The van der Waals surface area contributed by atoms with Gasteiger partial charge < -0.3 is 14.4 Å². The Labute approximate surface area is 220 Å². The molecule has 1 aromatic carbocycles. The molecular weight excluding hydrogens is 474 g/mol. The van der Waals surface area contributed by atoms with E-state index in [4.69, 9.17) is 21.1 Å². The number of aromatic nitrogens is 2. The molecule has 1 aliphatic carbocycles. The molecule has 3 heterocycles. The first-order valence-electron chi connectivity index (χ1n) is 13.2. The van der Waals surface area contributed by atoms with Gasteiger partial charge >= 0.3 is 0 Å². The second kappa shape index (κ2) is 12.5. The van der Waals surface area contributed by atoms with Gasteiger partial charge in [-0.3, -0.25) is 4.79 Å². The van der Waals surface area contributed by atoms with Gasteiger partial charge in [0.05, 0.1) is 24.4 Å². The Morgan fingerprint density at radius 2 is 1.75 bits per heavy atom. The Balaban J connectivity index is 0.000000861.